The molecular weight excluding hydrogens is 226 g/mol. The largest absolute Gasteiger partial charge is 0.381 e. The molecule has 1 fully saturated rings. The summed E-state index contributed by atoms with van der Waals surface area (Å²) in [5.74, 6) is 0.841. The number of nitrogens with zero attached hydrogens (tertiary/aromatic N) is 2. The normalized spacial score (nSPS) is 17.4. The number of hydrogen-bond donors (Lipinski definition) is 1. The quantitative estimate of drug-likeness (QED) is 0.864. The molecule has 0 amide bonds. The van der Waals surface area contributed by atoms with Gasteiger partial charge in [-0.3, -0.25) is 0 Å². The molecule has 0 atom stereocenters. The van der Waals surface area contributed by atoms with E-state index in [4.69, 9.17) is 16.3 Å². The van der Waals surface area contributed by atoms with E-state index in [9.17, 15) is 0 Å². The Bertz CT molecular complexity index is 378. The van der Waals surface area contributed by atoms with Crippen LogP contribution in [0.1, 0.15) is 24.0 Å². The highest BCUT2D eigenvalue weighted by Crippen LogP contribution is 2.22. The van der Waals surface area contributed by atoms with E-state index < -0.39 is 0 Å². The first-order chi connectivity index (χ1) is 7.68. The predicted molar refractivity (Wildman–Crippen MR) is 64.0 cm³/mol. The van der Waals surface area contributed by atoms with Crippen molar-refractivity contribution in [3.8, 4) is 0 Å². The molecule has 0 saturated carbocycles. The van der Waals surface area contributed by atoms with Crippen LogP contribution in [0, 0.1) is 13.8 Å². The Balaban J connectivity index is 2.11. The highest BCUT2D eigenvalue weighted by atomic mass is 35.5. The molecule has 16 heavy (non-hydrogen) atoms. The summed E-state index contributed by atoms with van der Waals surface area (Å²) < 4.78 is 5.31. The molecule has 1 aliphatic heterocycles. The van der Waals surface area contributed by atoms with Gasteiger partial charge in [-0.25, -0.2) is 0 Å². The zero-order valence-corrected chi connectivity index (χ0v) is 10.3. The van der Waals surface area contributed by atoms with Gasteiger partial charge in [-0.15, -0.1) is 10.2 Å². The van der Waals surface area contributed by atoms with Crippen LogP contribution in [-0.2, 0) is 4.74 Å². The van der Waals surface area contributed by atoms with Gasteiger partial charge in [0.15, 0.2) is 11.0 Å². The standard InChI is InChI=1S/C11H16ClN3O/c1-7-8(2)11(15-14-10(7)12)13-9-3-5-16-6-4-9/h9H,3-6H2,1-2H3,(H,13,15). The van der Waals surface area contributed by atoms with Crippen molar-refractivity contribution in [1.82, 2.24) is 10.2 Å². The lowest BCUT2D eigenvalue weighted by molar-refractivity contribution is 0.0903. The Morgan fingerprint density at radius 3 is 2.56 bits per heavy atom. The van der Waals surface area contributed by atoms with Gasteiger partial charge in [0, 0.05) is 19.3 Å². The van der Waals surface area contributed by atoms with E-state index in [0.29, 0.717) is 11.2 Å². The van der Waals surface area contributed by atoms with Gasteiger partial charge in [-0.2, -0.15) is 0 Å². The second-order valence-corrected chi connectivity index (χ2v) is 4.48. The number of halogens is 1. The van der Waals surface area contributed by atoms with Crippen LogP contribution in [0.4, 0.5) is 5.82 Å². The number of nitrogens with one attached hydrogen (secondary N) is 1. The Morgan fingerprint density at radius 2 is 1.88 bits per heavy atom. The van der Waals surface area contributed by atoms with Gasteiger partial charge in [-0.1, -0.05) is 11.6 Å². The molecule has 0 spiro atoms. The Morgan fingerprint density at radius 1 is 1.19 bits per heavy atom. The molecule has 2 heterocycles. The lowest BCUT2D eigenvalue weighted by atomic mass is 10.1. The second-order valence-electron chi connectivity index (χ2n) is 4.12. The molecule has 1 aliphatic rings. The minimum Gasteiger partial charge on any atom is -0.381 e. The average Bonchev–Trinajstić information content (AvgIpc) is 2.31. The Labute approximate surface area is 100 Å². The SMILES string of the molecule is Cc1c(Cl)nnc(NC2CCOCC2)c1C. The third-order valence-corrected chi connectivity index (χ3v) is 3.39. The van der Waals surface area contributed by atoms with Crippen molar-refractivity contribution in [3.05, 3.63) is 16.3 Å². The predicted octanol–water partition coefficient (Wildman–Crippen LogP) is 2.34. The first-order valence-corrected chi connectivity index (χ1v) is 5.90. The molecule has 1 saturated heterocycles. The average molecular weight is 242 g/mol. The highest BCUT2D eigenvalue weighted by molar-refractivity contribution is 6.30. The second kappa shape index (κ2) is 4.97. The van der Waals surface area contributed by atoms with E-state index in [2.05, 4.69) is 15.5 Å². The van der Waals surface area contributed by atoms with E-state index >= 15 is 0 Å². The summed E-state index contributed by atoms with van der Waals surface area (Å²) in [5, 5.41) is 11.9. The molecule has 2 rings (SSSR count). The molecule has 4 nitrogen and oxygen atoms in total. The minimum absolute atomic E-state index is 0.433. The summed E-state index contributed by atoms with van der Waals surface area (Å²) in [6, 6.07) is 0.433. The van der Waals surface area contributed by atoms with Crippen molar-refractivity contribution in [2.24, 2.45) is 0 Å². The number of anilines is 1. The van der Waals surface area contributed by atoms with Crippen LogP contribution in [0.5, 0.6) is 0 Å². The maximum atomic E-state index is 5.91. The van der Waals surface area contributed by atoms with Crippen LogP contribution >= 0.6 is 11.6 Å². The van der Waals surface area contributed by atoms with Gasteiger partial charge >= 0.3 is 0 Å². The fourth-order valence-electron chi connectivity index (χ4n) is 1.75. The first-order valence-electron chi connectivity index (χ1n) is 5.52. The van der Waals surface area contributed by atoms with Crippen LogP contribution in [0.15, 0.2) is 0 Å². The lowest BCUT2D eigenvalue weighted by Crippen LogP contribution is -2.28. The number of aromatic nitrogens is 2. The smallest absolute Gasteiger partial charge is 0.155 e. The van der Waals surface area contributed by atoms with Gasteiger partial charge in [0.1, 0.15) is 0 Å². The summed E-state index contributed by atoms with van der Waals surface area (Å²) in [6.07, 6.45) is 2.03. The molecule has 1 aromatic heterocycles. The summed E-state index contributed by atoms with van der Waals surface area (Å²) in [4.78, 5) is 0. The third-order valence-electron chi connectivity index (χ3n) is 3.03. The zero-order chi connectivity index (χ0) is 11.5. The molecular formula is C11H16ClN3O. The third kappa shape index (κ3) is 2.44. The van der Waals surface area contributed by atoms with Crippen molar-refractivity contribution >= 4 is 17.4 Å². The number of rotatable bonds is 2. The molecule has 0 bridgehead atoms. The van der Waals surface area contributed by atoms with Crippen LogP contribution in [0.25, 0.3) is 0 Å². The molecule has 0 aromatic carbocycles. The topological polar surface area (TPSA) is 47.0 Å². The maximum absolute atomic E-state index is 5.91. The van der Waals surface area contributed by atoms with Gasteiger partial charge in [0.25, 0.3) is 0 Å². The zero-order valence-electron chi connectivity index (χ0n) is 9.59. The highest BCUT2D eigenvalue weighted by Gasteiger charge is 2.16. The fraction of sp³-hybridized carbons (Fsp3) is 0.636. The fourth-order valence-corrected chi connectivity index (χ4v) is 1.93. The van der Waals surface area contributed by atoms with Crippen molar-refractivity contribution < 1.29 is 4.74 Å². The van der Waals surface area contributed by atoms with Gasteiger partial charge in [-0.05, 0) is 37.8 Å². The molecule has 0 radical (unpaired) electrons. The summed E-state index contributed by atoms with van der Waals surface area (Å²) in [7, 11) is 0. The molecule has 0 unspecified atom stereocenters. The molecule has 1 N–H and O–H groups in total. The van der Waals surface area contributed by atoms with Crippen LogP contribution in [-0.4, -0.2) is 29.5 Å². The molecule has 5 heteroatoms. The Hall–Kier alpha value is -0.870. The molecule has 0 aliphatic carbocycles. The van der Waals surface area contributed by atoms with Crippen molar-refractivity contribution in [3.63, 3.8) is 0 Å². The van der Waals surface area contributed by atoms with E-state index in [1.54, 1.807) is 0 Å². The van der Waals surface area contributed by atoms with Crippen molar-refractivity contribution in [2.75, 3.05) is 18.5 Å². The number of ether oxygens (including phenoxy) is 1. The van der Waals surface area contributed by atoms with E-state index in [1.165, 1.54) is 0 Å². The minimum atomic E-state index is 0.433. The van der Waals surface area contributed by atoms with Crippen molar-refractivity contribution in [1.29, 1.82) is 0 Å². The van der Waals surface area contributed by atoms with Crippen LogP contribution in [0.3, 0.4) is 0 Å². The summed E-state index contributed by atoms with van der Waals surface area (Å²) in [5.41, 5.74) is 2.07. The van der Waals surface area contributed by atoms with Crippen LogP contribution < -0.4 is 5.32 Å². The lowest BCUT2D eigenvalue weighted by Gasteiger charge is -2.24. The van der Waals surface area contributed by atoms with Crippen molar-refractivity contribution in [2.45, 2.75) is 32.7 Å². The maximum Gasteiger partial charge on any atom is 0.155 e. The van der Waals surface area contributed by atoms with Gasteiger partial charge in [0.05, 0.1) is 0 Å². The number of hydrogen-bond acceptors (Lipinski definition) is 4. The Kier molecular flexibility index (Phi) is 3.61. The molecule has 88 valence electrons. The first kappa shape index (κ1) is 11.6. The van der Waals surface area contributed by atoms with Gasteiger partial charge < -0.3 is 10.1 Å². The van der Waals surface area contributed by atoms with Crippen LogP contribution in [0.2, 0.25) is 5.15 Å². The van der Waals surface area contributed by atoms with E-state index in [-0.39, 0.29) is 0 Å². The van der Waals surface area contributed by atoms with Gasteiger partial charge in [0.2, 0.25) is 0 Å². The van der Waals surface area contributed by atoms with E-state index in [0.717, 1.165) is 43.0 Å². The summed E-state index contributed by atoms with van der Waals surface area (Å²) >= 11 is 5.91. The summed E-state index contributed by atoms with van der Waals surface area (Å²) in [6.45, 7) is 5.60. The molecule has 1 aromatic rings. The van der Waals surface area contributed by atoms with E-state index in [1.807, 2.05) is 13.8 Å². The monoisotopic (exact) mass is 241 g/mol.